The molecule has 5 nitrogen and oxygen atoms in total. The van der Waals surface area contributed by atoms with E-state index in [9.17, 15) is 4.79 Å². The van der Waals surface area contributed by atoms with Crippen molar-refractivity contribution in [2.24, 2.45) is 0 Å². The fourth-order valence-electron chi connectivity index (χ4n) is 1.72. The Balaban J connectivity index is 1.93. The number of imidazole rings is 1. The third kappa shape index (κ3) is 3.66. The van der Waals surface area contributed by atoms with Crippen LogP contribution in [0.2, 0.25) is 0 Å². The van der Waals surface area contributed by atoms with Crippen molar-refractivity contribution >= 4 is 5.91 Å². The van der Waals surface area contributed by atoms with Gasteiger partial charge in [0.05, 0.1) is 0 Å². The smallest absolute Gasteiger partial charge is 0.251 e. The number of benzene rings is 1. The average molecular weight is 259 g/mol. The lowest BCUT2D eigenvalue weighted by Gasteiger charge is -2.05. The summed E-state index contributed by atoms with van der Waals surface area (Å²) in [6, 6.07) is 7.35. The topological polar surface area (TPSA) is 67.0 Å². The molecular formula is C14H17N3O2. The lowest BCUT2D eigenvalue weighted by atomic mass is 10.1. The lowest BCUT2D eigenvalue weighted by Crippen LogP contribution is -2.25. The molecule has 1 amide bonds. The van der Waals surface area contributed by atoms with Gasteiger partial charge in [-0.3, -0.25) is 4.79 Å². The quantitative estimate of drug-likeness (QED) is 0.778. The molecule has 0 aliphatic heterocycles. The number of ether oxygens (including phenoxy) is 1. The molecule has 0 radical (unpaired) electrons. The van der Waals surface area contributed by atoms with E-state index >= 15 is 0 Å². The van der Waals surface area contributed by atoms with Crippen LogP contribution in [0.1, 0.15) is 16.8 Å². The van der Waals surface area contributed by atoms with Gasteiger partial charge in [0.25, 0.3) is 5.91 Å². The van der Waals surface area contributed by atoms with Crippen LogP contribution in [0.4, 0.5) is 0 Å². The monoisotopic (exact) mass is 259 g/mol. The number of rotatable bonds is 6. The molecule has 0 aliphatic rings. The summed E-state index contributed by atoms with van der Waals surface area (Å²) in [5, 5.41) is 2.85. The van der Waals surface area contributed by atoms with E-state index < -0.39 is 0 Å². The number of amides is 1. The number of aromatic nitrogens is 2. The second-order valence-corrected chi connectivity index (χ2v) is 4.12. The van der Waals surface area contributed by atoms with Gasteiger partial charge in [0, 0.05) is 43.8 Å². The van der Waals surface area contributed by atoms with E-state index in [2.05, 4.69) is 15.3 Å². The Bertz CT molecular complexity index is 506. The fraction of sp³-hybridized carbons (Fsp3) is 0.286. The molecule has 0 atom stereocenters. The van der Waals surface area contributed by atoms with E-state index in [4.69, 9.17) is 4.74 Å². The second kappa shape index (κ2) is 6.70. The summed E-state index contributed by atoms with van der Waals surface area (Å²) in [5.41, 5.74) is 1.61. The summed E-state index contributed by atoms with van der Waals surface area (Å²) in [6.45, 7) is 1.27. The maximum Gasteiger partial charge on any atom is 0.251 e. The van der Waals surface area contributed by atoms with E-state index in [0.29, 0.717) is 18.7 Å². The summed E-state index contributed by atoms with van der Waals surface area (Å²) in [5.74, 6) is 0.731. The van der Waals surface area contributed by atoms with Gasteiger partial charge in [-0.1, -0.05) is 12.1 Å². The van der Waals surface area contributed by atoms with E-state index in [1.54, 1.807) is 31.6 Å². The molecule has 2 rings (SSSR count). The first-order chi connectivity index (χ1) is 9.31. The van der Waals surface area contributed by atoms with Gasteiger partial charge in [-0.2, -0.15) is 0 Å². The zero-order chi connectivity index (χ0) is 13.5. The highest BCUT2D eigenvalue weighted by Crippen LogP contribution is 2.14. The van der Waals surface area contributed by atoms with Gasteiger partial charge in [-0.15, -0.1) is 0 Å². The van der Waals surface area contributed by atoms with Crippen LogP contribution in [0, 0.1) is 0 Å². The summed E-state index contributed by atoms with van der Waals surface area (Å²) in [7, 11) is 1.65. The summed E-state index contributed by atoms with van der Waals surface area (Å²) < 4.78 is 4.92. The van der Waals surface area contributed by atoms with E-state index in [-0.39, 0.29) is 5.91 Å². The van der Waals surface area contributed by atoms with Crippen molar-refractivity contribution in [3.8, 4) is 11.4 Å². The summed E-state index contributed by atoms with van der Waals surface area (Å²) in [4.78, 5) is 19.0. The number of nitrogens with one attached hydrogen (secondary N) is 2. The number of H-pyrrole nitrogens is 1. The molecule has 0 saturated carbocycles. The van der Waals surface area contributed by atoms with Crippen LogP contribution >= 0.6 is 0 Å². The normalized spacial score (nSPS) is 10.4. The minimum Gasteiger partial charge on any atom is -0.385 e. The highest BCUT2D eigenvalue weighted by Gasteiger charge is 2.05. The second-order valence-electron chi connectivity index (χ2n) is 4.12. The molecule has 0 unspecified atom stereocenters. The number of aromatic amines is 1. The van der Waals surface area contributed by atoms with Gasteiger partial charge in [0.2, 0.25) is 0 Å². The molecule has 1 aromatic carbocycles. The predicted molar refractivity (Wildman–Crippen MR) is 72.8 cm³/mol. The number of carbonyl (C=O) groups is 1. The van der Waals surface area contributed by atoms with Gasteiger partial charge >= 0.3 is 0 Å². The van der Waals surface area contributed by atoms with Gasteiger partial charge < -0.3 is 15.0 Å². The van der Waals surface area contributed by atoms with Gasteiger partial charge in [-0.05, 0) is 18.6 Å². The highest BCUT2D eigenvalue weighted by molar-refractivity contribution is 5.94. The SMILES string of the molecule is COCCCNC(=O)c1ccc(-c2ncc[nH]2)cc1. The molecule has 1 heterocycles. The number of nitrogens with zero attached hydrogens (tertiary/aromatic N) is 1. The Labute approximate surface area is 112 Å². The largest absolute Gasteiger partial charge is 0.385 e. The Morgan fingerprint density at radius 3 is 2.79 bits per heavy atom. The molecule has 2 N–H and O–H groups in total. The van der Waals surface area contributed by atoms with Crippen LogP contribution in [0.25, 0.3) is 11.4 Å². The van der Waals surface area contributed by atoms with Crippen LogP contribution in [-0.2, 0) is 4.74 Å². The number of hydrogen-bond acceptors (Lipinski definition) is 3. The summed E-state index contributed by atoms with van der Waals surface area (Å²) >= 11 is 0. The Morgan fingerprint density at radius 2 is 2.16 bits per heavy atom. The van der Waals surface area contributed by atoms with Crippen LogP contribution in [0.5, 0.6) is 0 Å². The molecule has 100 valence electrons. The van der Waals surface area contributed by atoms with Crippen LogP contribution in [-0.4, -0.2) is 36.1 Å². The molecule has 5 heteroatoms. The van der Waals surface area contributed by atoms with E-state index in [1.165, 1.54) is 0 Å². The van der Waals surface area contributed by atoms with Crippen molar-refractivity contribution in [2.75, 3.05) is 20.3 Å². The van der Waals surface area contributed by atoms with Gasteiger partial charge in [0.1, 0.15) is 5.82 Å². The molecule has 0 bridgehead atoms. The number of carbonyl (C=O) groups excluding carboxylic acids is 1. The zero-order valence-electron chi connectivity index (χ0n) is 10.8. The zero-order valence-corrected chi connectivity index (χ0v) is 10.8. The van der Waals surface area contributed by atoms with Crippen molar-refractivity contribution < 1.29 is 9.53 Å². The lowest BCUT2D eigenvalue weighted by molar-refractivity contribution is 0.0948. The first-order valence-electron chi connectivity index (χ1n) is 6.18. The van der Waals surface area contributed by atoms with Gasteiger partial charge in [0.15, 0.2) is 0 Å². The minimum atomic E-state index is -0.0675. The maximum atomic E-state index is 11.8. The minimum absolute atomic E-state index is 0.0675. The molecule has 1 aromatic heterocycles. The van der Waals surface area contributed by atoms with Crippen molar-refractivity contribution in [2.45, 2.75) is 6.42 Å². The molecule has 2 aromatic rings. The number of hydrogen-bond donors (Lipinski definition) is 2. The average Bonchev–Trinajstić information content (AvgIpc) is 2.98. The predicted octanol–water partition coefficient (Wildman–Crippen LogP) is 1.84. The van der Waals surface area contributed by atoms with Crippen molar-refractivity contribution in [1.82, 2.24) is 15.3 Å². The van der Waals surface area contributed by atoms with Crippen molar-refractivity contribution in [3.63, 3.8) is 0 Å². The molecule has 19 heavy (non-hydrogen) atoms. The molecular weight excluding hydrogens is 242 g/mol. The van der Waals surface area contributed by atoms with E-state index in [1.807, 2.05) is 12.1 Å². The standard InChI is InChI=1S/C14H17N3O2/c1-19-10-2-7-17-14(18)12-5-3-11(4-6-12)13-15-8-9-16-13/h3-6,8-9H,2,7,10H2,1H3,(H,15,16)(H,17,18). The van der Waals surface area contributed by atoms with Crippen molar-refractivity contribution in [3.05, 3.63) is 42.2 Å². The fourth-order valence-corrected chi connectivity index (χ4v) is 1.72. The molecule has 0 spiro atoms. The summed E-state index contributed by atoms with van der Waals surface area (Å²) in [6.07, 6.45) is 4.28. The number of methoxy groups -OCH3 is 1. The van der Waals surface area contributed by atoms with Crippen LogP contribution < -0.4 is 5.32 Å². The molecule has 0 fully saturated rings. The molecule has 0 saturated heterocycles. The molecule has 0 aliphatic carbocycles. The third-order valence-corrected chi connectivity index (χ3v) is 2.73. The van der Waals surface area contributed by atoms with Crippen LogP contribution in [0.15, 0.2) is 36.7 Å². The Kier molecular flexibility index (Phi) is 4.69. The highest BCUT2D eigenvalue weighted by atomic mass is 16.5. The Morgan fingerprint density at radius 1 is 1.37 bits per heavy atom. The van der Waals surface area contributed by atoms with Crippen LogP contribution in [0.3, 0.4) is 0 Å². The van der Waals surface area contributed by atoms with Crippen molar-refractivity contribution in [1.29, 1.82) is 0 Å². The Hall–Kier alpha value is -2.14. The first kappa shape index (κ1) is 13.3. The maximum absolute atomic E-state index is 11.8. The van der Waals surface area contributed by atoms with E-state index in [0.717, 1.165) is 17.8 Å². The first-order valence-corrected chi connectivity index (χ1v) is 6.18. The third-order valence-electron chi connectivity index (χ3n) is 2.73. The van der Waals surface area contributed by atoms with Gasteiger partial charge in [-0.25, -0.2) is 4.98 Å².